The second-order valence-electron chi connectivity index (χ2n) is 3.96. The molecule has 0 fully saturated rings. The fourth-order valence-corrected chi connectivity index (χ4v) is 3.53. The third-order valence-corrected chi connectivity index (χ3v) is 4.44. The van der Waals surface area contributed by atoms with Gasteiger partial charge in [0.2, 0.25) is 0 Å². The number of hydrogen-bond acceptors (Lipinski definition) is 4. The Morgan fingerprint density at radius 2 is 1.86 bits per heavy atom. The summed E-state index contributed by atoms with van der Waals surface area (Å²) in [4.78, 5) is 3.82. The number of nitrogens with zero attached hydrogens (tertiary/aromatic N) is 1. The molecule has 9 heteroatoms. The molecule has 1 aromatic heterocycles. The van der Waals surface area contributed by atoms with Crippen molar-refractivity contribution in [3.63, 3.8) is 0 Å². The molecule has 0 spiro atoms. The van der Waals surface area contributed by atoms with Crippen LogP contribution in [0, 0.1) is 5.82 Å². The molecule has 112 valence electrons. The van der Waals surface area contributed by atoms with E-state index in [1.54, 1.807) is 19.2 Å². The van der Waals surface area contributed by atoms with E-state index in [9.17, 15) is 12.8 Å². The number of nitrogens with one attached hydrogen (secondary N) is 2. The van der Waals surface area contributed by atoms with Crippen LogP contribution in [0.5, 0.6) is 0 Å². The Hall–Kier alpha value is -1.57. The number of sulfonamides is 1. The molecule has 1 aromatic carbocycles. The van der Waals surface area contributed by atoms with Crippen LogP contribution in [0.2, 0.25) is 10.0 Å². The summed E-state index contributed by atoms with van der Waals surface area (Å²) in [7, 11) is -2.47. The predicted molar refractivity (Wildman–Crippen MR) is 81.0 cm³/mol. The van der Waals surface area contributed by atoms with Gasteiger partial charge < -0.3 is 5.32 Å². The van der Waals surface area contributed by atoms with Crippen LogP contribution in [0.3, 0.4) is 0 Å². The second-order valence-corrected chi connectivity index (χ2v) is 6.37. The summed E-state index contributed by atoms with van der Waals surface area (Å²) < 4.78 is 40.0. The van der Waals surface area contributed by atoms with Gasteiger partial charge in [-0.3, -0.25) is 4.72 Å². The van der Waals surface area contributed by atoms with Gasteiger partial charge in [0.1, 0.15) is 5.82 Å². The van der Waals surface area contributed by atoms with Crippen molar-refractivity contribution in [1.82, 2.24) is 4.98 Å². The SMILES string of the molecule is CNc1cccnc1S(=O)(=O)Nc1c(Cl)cc(F)cc1Cl. The van der Waals surface area contributed by atoms with Crippen LogP contribution in [-0.4, -0.2) is 20.4 Å². The minimum Gasteiger partial charge on any atom is -0.386 e. The lowest BCUT2D eigenvalue weighted by Gasteiger charge is -2.13. The zero-order valence-electron chi connectivity index (χ0n) is 10.7. The zero-order chi connectivity index (χ0) is 15.6. The van der Waals surface area contributed by atoms with Crippen molar-refractivity contribution in [2.75, 3.05) is 17.1 Å². The van der Waals surface area contributed by atoms with Crippen molar-refractivity contribution in [3.05, 3.63) is 46.3 Å². The highest BCUT2D eigenvalue weighted by molar-refractivity contribution is 7.92. The molecule has 0 atom stereocenters. The molecule has 5 nitrogen and oxygen atoms in total. The number of halogens is 3. The van der Waals surface area contributed by atoms with Crippen molar-refractivity contribution < 1.29 is 12.8 Å². The van der Waals surface area contributed by atoms with Crippen LogP contribution in [0.15, 0.2) is 35.5 Å². The maximum absolute atomic E-state index is 13.1. The monoisotopic (exact) mass is 349 g/mol. The van der Waals surface area contributed by atoms with Crippen LogP contribution < -0.4 is 10.0 Å². The molecule has 0 saturated heterocycles. The van der Waals surface area contributed by atoms with E-state index in [1.165, 1.54) is 6.20 Å². The molecule has 0 aliphatic heterocycles. The van der Waals surface area contributed by atoms with Crippen molar-refractivity contribution in [1.29, 1.82) is 0 Å². The molecule has 0 radical (unpaired) electrons. The number of hydrogen-bond donors (Lipinski definition) is 2. The van der Waals surface area contributed by atoms with E-state index in [-0.39, 0.29) is 20.8 Å². The summed E-state index contributed by atoms with van der Waals surface area (Å²) in [5, 5.41) is 2.20. The summed E-state index contributed by atoms with van der Waals surface area (Å²) in [5.41, 5.74) is 0.201. The molecule has 1 heterocycles. The standard InChI is InChI=1S/C12H10Cl2FN3O2S/c1-16-10-3-2-4-17-12(10)21(19,20)18-11-8(13)5-7(15)6-9(11)14/h2-6,16,18H,1H3. The number of aromatic nitrogens is 1. The number of pyridine rings is 1. The first-order chi connectivity index (χ1) is 9.85. The smallest absolute Gasteiger partial charge is 0.281 e. The lowest BCUT2D eigenvalue weighted by Crippen LogP contribution is -2.17. The first kappa shape index (κ1) is 15.8. The van der Waals surface area contributed by atoms with Gasteiger partial charge in [0.15, 0.2) is 5.03 Å². The first-order valence-corrected chi connectivity index (χ1v) is 7.89. The number of anilines is 2. The Balaban J connectivity index is 2.48. The van der Waals surface area contributed by atoms with Gasteiger partial charge >= 0.3 is 0 Å². The zero-order valence-corrected chi connectivity index (χ0v) is 13.0. The minimum absolute atomic E-state index is 0.104. The molecule has 2 rings (SSSR count). The van der Waals surface area contributed by atoms with Crippen LogP contribution in [0.1, 0.15) is 0 Å². The Labute approximate surface area is 131 Å². The minimum atomic E-state index is -4.03. The van der Waals surface area contributed by atoms with Crippen LogP contribution >= 0.6 is 23.2 Å². The van der Waals surface area contributed by atoms with E-state index in [4.69, 9.17) is 23.2 Å². The summed E-state index contributed by atoms with van der Waals surface area (Å²) in [5.74, 6) is -0.665. The van der Waals surface area contributed by atoms with Crippen molar-refractivity contribution in [3.8, 4) is 0 Å². The molecule has 0 aliphatic carbocycles. The van der Waals surface area contributed by atoms with Crippen molar-refractivity contribution >= 4 is 44.6 Å². The summed E-state index contributed by atoms with van der Waals surface area (Å²) in [6.07, 6.45) is 1.34. The molecule has 0 unspecified atom stereocenters. The van der Waals surface area contributed by atoms with E-state index in [0.717, 1.165) is 12.1 Å². The highest BCUT2D eigenvalue weighted by atomic mass is 35.5. The largest absolute Gasteiger partial charge is 0.386 e. The van der Waals surface area contributed by atoms with E-state index >= 15 is 0 Å². The maximum Gasteiger partial charge on any atom is 0.281 e. The predicted octanol–water partition coefficient (Wildman–Crippen LogP) is 3.37. The van der Waals surface area contributed by atoms with Gasteiger partial charge in [0, 0.05) is 13.2 Å². The van der Waals surface area contributed by atoms with Gasteiger partial charge in [0.25, 0.3) is 10.0 Å². The Morgan fingerprint density at radius 1 is 1.24 bits per heavy atom. The van der Waals surface area contributed by atoms with Gasteiger partial charge in [-0.15, -0.1) is 0 Å². The van der Waals surface area contributed by atoms with E-state index in [2.05, 4.69) is 15.0 Å². The summed E-state index contributed by atoms with van der Waals surface area (Å²) >= 11 is 11.6. The number of benzene rings is 1. The normalized spacial score (nSPS) is 11.2. The molecule has 0 saturated carbocycles. The van der Waals surface area contributed by atoms with Crippen molar-refractivity contribution in [2.24, 2.45) is 0 Å². The second kappa shape index (κ2) is 6.05. The molecule has 2 N–H and O–H groups in total. The van der Waals surface area contributed by atoms with Gasteiger partial charge in [-0.2, -0.15) is 8.42 Å². The lowest BCUT2D eigenvalue weighted by atomic mass is 10.3. The topological polar surface area (TPSA) is 71.1 Å². The summed E-state index contributed by atoms with van der Waals surface area (Å²) in [6, 6.07) is 5.06. The quantitative estimate of drug-likeness (QED) is 0.887. The van der Waals surface area contributed by atoms with Gasteiger partial charge in [-0.05, 0) is 24.3 Å². The fourth-order valence-electron chi connectivity index (χ4n) is 1.62. The molecule has 0 amide bonds. The number of rotatable bonds is 4. The molecule has 2 aromatic rings. The Morgan fingerprint density at radius 3 is 2.43 bits per heavy atom. The fraction of sp³-hybridized carbons (Fsp3) is 0.0833. The van der Waals surface area contributed by atoms with Crippen molar-refractivity contribution in [2.45, 2.75) is 5.03 Å². The molecule has 0 aliphatic rings. The molecular formula is C12H10Cl2FN3O2S. The van der Waals surface area contributed by atoms with Crippen LogP contribution in [0.4, 0.5) is 15.8 Å². The Bertz CT molecular complexity index is 761. The van der Waals surface area contributed by atoms with Crippen LogP contribution in [0.25, 0.3) is 0 Å². The van der Waals surface area contributed by atoms with Crippen LogP contribution in [-0.2, 0) is 10.0 Å². The average Bonchev–Trinajstić information content (AvgIpc) is 2.43. The first-order valence-electron chi connectivity index (χ1n) is 5.65. The highest BCUT2D eigenvalue weighted by Crippen LogP contribution is 2.33. The van der Waals surface area contributed by atoms with E-state index in [1.807, 2.05) is 0 Å². The highest BCUT2D eigenvalue weighted by Gasteiger charge is 2.22. The maximum atomic E-state index is 13.1. The van der Waals surface area contributed by atoms with E-state index < -0.39 is 15.8 Å². The van der Waals surface area contributed by atoms with E-state index in [0.29, 0.717) is 5.69 Å². The molecule has 21 heavy (non-hydrogen) atoms. The molecule has 0 bridgehead atoms. The molecular weight excluding hydrogens is 340 g/mol. The van der Waals surface area contributed by atoms with Gasteiger partial charge in [0.05, 0.1) is 21.4 Å². The van der Waals surface area contributed by atoms with Gasteiger partial charge in [-0.25, -0.2) is 9.37 Å². The van der Waals surface area contributed by atoms with Gasteiger partial charge in [-0.1, -0.05) is 23.2 Å². The Kier molecular flexibility index (Phi) is 4.55. The average molecular weight is 350 g/mol. The third kappa shape index (κ3) is 3.37. The lowest BCUT2D eigenvalue weighted by molar-refractivity contribution is 0.598. The summed E-state index contributed by atoms with van der Waals surface area (Å²) in [6.45, 7) is 0. The third-order valence-electron chi connectivity index (χ3n) is 2.54.